The van der Waals surface area contributed by atoms with Crippen molar-refractivity contribution in [2.45, 2.75) is 71.1 Å². The van der Waals surface area contributed by atoms with Gasteiger partial charge in [0, 0.05) is 35.8 Å². The number of ether oxygens (including phenoxy) is 1. The quantitative estimate of drug-likeness (QED) is 0.178. The average molecular weight is 566 g/mol. The molecule has 0 spiro atoms. The summed E-state index contributed by atoms with van der Waals surface area (Å²) in [4.78, 5) is 53.1. The van der Waals surface area contributed by atoms with Gasteiger partial charge in [-0.25, -0.2) is 14.4 Å². The minimum Gasteiger partial charge on any atom is -0.480 e. The molecule has 0 saturated carbocycles. The van der Waals surface area contributed by atoms with Gasteiger partial charge in [-0.05, 0) is 70.2 Å². The Labute approximate surface area is 239 Å². The van der Waals surface area contributed by atoms with Crippen LogP contribution >= 0.6 is 0 Å². The number of nitrogens with one attached hydrogen (secondary N) is 5. The number of carbonyl (C=O) groups excluding carboxylic acids is 3. The number of aromatic nitrogens is 1. The fourth-order valence-electron chi connectivity index (χ4n) is 4.26. The van der Waals surface area contributed by atoms with Gasteiger partial charge < -0.3 is 36.1 Å². The van der Waals surface area contributed by atoms with Crippen LogP contribution in [0.25, 0.3) is 10.9 Å². The third-order valence-electron chi connectivity index (χ3n) is 6.32. The lowest BCUT2D eigenvalue weighted by atomic mass is 10.0. The molecule has 0 unspecified atom stereocenters. The van der Waals surface area contributed by atoms with Gasteiger partial charge in [-0.2, -0.15) is 0 Å². The van der Waals surface area contributed by atoms with Gasteiger partial charge in [0.2, 0.25) is 5.91 Å². The molecule has 0 radical (unpaired) electrons. The highest BCUT2D eigenvalue weighted by Crippen LogP contribution is 2.20. The molecule has 1 heterocycles. The number of unbranched alkanes of at least 4 members (excludes halogenated alkanes) is 1. The third kappa shape index (κ3) is 9.86. The van der Waals surface area contributed by atoms with Crippen LogP contribution in [0.2, 0.25) is 0 Å². The Morgan fingerprint density at radius 1 is 0.951 bits per heavy atom. The fourth-order valence-corrected chi connectivity index (χ4v) is 4.26. The summed E-state index contributed by atoms with van der Waals surface area (Å²) in [5, 5.41) is 21.3. The molecule has 4 amide bonds. The molecule has 3 rings (SSSR count). The first-order valence-electron chi connectivity index (χ1n) is 13.6. The molecule has 0 aliphatic rings. The lowest BCUT2D eigenvalue weighted by Gasteiger charge is -2.24. The average Bonchev–Trinajstić information content (AvgIpc) is 3.30. The maximum Gasteiger partial charge on any atom is 0.408 e. The van der Waals surface area contributed by atoms with Gasteiger partial charge in [0.1, 0.15) is 17.7 Å². The largest absolute Gasteiger partial charge is 0.480 e. The van der Waals surface area contributed by atoms with Crippen molar-refractivity contribution in [3.63, 3.8) is 0 Å². The van der Waals surface area contributed by atoms with E-state index in [4.69, 9.17) is 4.74 Å². The first-order chi connectivity index (χ1) is 19.4. The number of carboxylic acid groups (broad SMARTS) is 1. The maximum absolute atomic E-state index is 13.3. The number of para-hydroxylation sites is 2. The molecule has 0 saturated heterocycles. The molecule has 1 aromatic heterocycles. The Balaban J connectivity index is 1.57. The van der Waals surface area contributed by atoms with Crippen LogP contribution in [0.1, 0.15) is 51.2 Å². The number of urea groups is 1. The Kier molecular flexibility index (Phi) is 10.7. The number of carboxylic acids is 1. The number of rotatable bonds is 12. The van der Waals surface area contributed by atoms with E-state index in [2.05, 4.69) is 26.3 Å². The molecule has 11 heteroatoms. The van der Waals surface area contributed by atoms with E-state index in [9.17, 15) is 24.3 Å². The zero-order valence-corrected chi connectivity index (χ0v) is 23.9. The molecule has 0 aliphatic heterocycles. The van der Waals surface area contributed by atoms with Crippen molar-refractivity contribution in [1.29, 1.82) is 0 Å². The maximum atomic E-state index is 13.3. The predicted octanol–water partition coefficient (Wildman–Crippen LogP) is 4.47. The molecule has 220 valence electrons. The Morgan fingerprint density at radius 3 is 2.37 bits per heavy atom. The molecule has 2 aromatic carbocycles. The van der Waals surface area contributed by atoms with Crippen LogP contribution in [0.5, 0.6) is 0 Å². The van der Waals surface area contributed by atoms with Crippen molar-refractivity contribution in [1.82, 2.24) is 20.9 Å². The summed E-state index contributed by atoms with van der Waals surface area (Å²) in [7, 11) is 0. The number of aryl methyl sites for hydroxylation is 1. The minimum absolute atomic E-state index is 0.126. The predicted molar refractivity (Wildman–Crippen MR) is 157 cm³/mol. The number of alkyl carbamates (subject to hydrolysis) is 1. The van der Waals surface area contributed by atoms with E-state index in [1.54, 1.807) is 33.0 Å². The summed E-state index contributed by atoms with van der Waals surface area (Å²) >= 11 is 0. The SMILES string of the molecule is Cc1ccccc1NC(=O)NCCCC[C@H](NC(=O)[C@H](Cc1c[nH]c2ccccc12)NC(=O)OC(C)(C)C)C(=O)O. The second-order valence-electron chi connectivity index (χ2n) is 10.9. The number of carbonyl (C=O) groups is 4. The monoisotopic (exact) mass is 565 g/mol. The molecular formula is C30H39N5O6. The summed E-state index contributed by atoms with van der Waals surface area (Å²) in [6.45, 7) is 7.36. The third-order valence-corrected chi connectivity index (χ3v) is 6.32. The number of hydrogen-bond acceptors (Lipinski definition) is 5. The minimum atomic E-state index is -1.19. The van der Waals surface area contributed by atoms with Crippen molar-refractivity contribution in [2.75, 3.05) is 11.9 Å². The molecule has 2 atom stereocenters. The van der Waals surface area contributed by atoms with Gasteiger partial charge in [0.05, 0.1) is 0 Å². The second kappa shape index (κ2) is 14.2. The highest BCUT2D eigenvalue weighted by molar-refractivity contribution is 5.91. The summed E-state index contributed by atoms with van der Waals surface area (Å²) in [6.07, 6.45) is 2.21. The summed E-state index contributed by atoms with van der Waals surface area (Å²) in [6, 6.07) is 12.4. The van der Waals surface area contributed by atoms with Crippen LogP contribution in [-0.4, -0.2) is 58.3 Å². The van der Waals surface area contributed by atoms with Crippen molar-refractivity contribution in [2.24, 2.45) is 0 Å². The topological polar surface area (TPSA) is 162 Å². The number of hydrogen-bond donors (Lipinski definition) is 6. The van der Waals surface area contributed by atoms with E-state index in [1.807, 2.05) is 49.4 Å². The Morgan fingerprint density at radius 2 is 1.66 bits per heavy atom. The second-order valence-corrected chi connectivity index (χ2v) is 10.9. The van der Waals surface area contributed by atoms with E-state index >= 15 is 0 Å². The van der Waals surface area contributed by atoms with Crippen molar-refractivity contribution in [3.05, 3.63) is 65.9 Å². The van der Waals surface area contributed by atoms with Crippen LogP contribution in [-0.2, 0) is 20.7 Å². The lowest BCUT2D eigenvalue weighted by Crippen LogP contribution is -2.53. The van der Waals surface area contributed by atoms with Gasteiger partial charge >= 0.3 is 18.1 Å². The zero-order chi connectivity index (χ0) is 30.0. The normalized spacial score (nSPS) is 12.7. The smallest absolute Gasteiger partial charge is 0.408 e. The molecule has 41 heavy (non-hydrogen) atoms. The number of benzene rings is 2. The standard InChI is InChI=1S/C30H39N5O6/c1-19-11-5-7-13-22(19)34-28(39)31-16-10-9-15-24(27(37)38)33-26(36)25(35-29(40)41-30(2,3)4)17-20-18-32-23-14-8-6-12-21(20)23/h5-8,11-14,18,24-25,32H,9-10,15-17H2,1-4H3,(H,33,36)(H,35,40)(H,37,38)(H2,31,34,39)/t24-,25-/m0/s1. The highest BCUT2D eigenvalue weighted by atomic mass is 16.6. The van der Waals surface area contributed by atoms with Gasteiger partial charge in [-0.1, -0.05) is 36.4 Å². The van der Waals surface area contributed by atoms with Crippen LogP contribution in [0.4, 0.5) is 15.3 Å². The molecule has 0 aliphatic carbocycles. The van der Waals surface area contributed by atoms with Gasteiger partial charge in [-0.15, -0.1) is 0 Å². The van der Waals surface area contributed by atoms with Crippen LogP contribution in [0.15, 0.2) is 54.7 Å². The van der Waals surface area contributed by atoms with Crippen LogP contribution < -0.4 is 21.3 Å². The van der Waals surface area contributed by atoms with Crippen molar-refractivity contribution < 1.29 is 29.0 Å². The van der Waals surface area contributed by atoms with Gasteiger partial charge in [0.15, 0.2) is 0 Å². The van der Waals surface area contributed by atoms with Crippen LogP contribution in [0, 0.1) is 6.92 Å². The fraction of sp³-hybridized carbons (Fsp3) is 0.400. The van der Waals surface area contributed by atoms with E-state index in [1.165, 1.54) is 0 Å². The summed E-state index contributed by atoms with van der Waals surface area (Å²) < 4.78 is 5.34. The summed E-state index contributed by atoms with van der Waals surface area (Å²) in [5.74, 6) is -1.82. The number of aliphatic carboxylic acids is 1. The number of amides is 4. The number of aromatic amines is 1. The molecule has 6 N–H and O–H groups in total. The van der Waals surface area contributed by atoms with Crippen LogP contribution in [0.3, 0.4) is 0 Å². The lowest BCUT2D eigenvalue weighted by molar-refractivity contribution is -0.142. The van der Waals surface area contributed by atoms with E-state index in [-0.39, 0.29) is 18.9 Å². The first kappa shape index (κ1) is 31.0. The first-order valence-corrected chi connectivity index (χ1v) is 13.6. The zero-order valence-electron chi connectivity index (χ0n) is 23.9. The highest BCUT2D eigenvalue weighted by Gasteiger charge is 2.29. The number of fused-ring (bicyclic) bond motifs is 1. The van der Waals surface area contributed by atoms with Crippen molar-refractivity contribution >= 4 is 40.6 Å². The molecule has 0 fully saturated rings. The number of H-pyrrole nitrogens is 1. The molecule has 3 aromatic rings. The molecule has 11 nitrogen and oxygen atoms in total. The van der Waals surface area contributed by atoms with E-state index in [0.717, 1.165) is 22.0 Å². The van der Waals surface area contributed by atoms with Gasteiger partial charge in [-0.3, -0.25) is 4.79 Å². The van der Waals surface area contributed by atoms with E-state index < -0.39 is 35.7 Å². The Hall–Kier alpha value is -4.54. The van der Waals surface area contributed by atoms with E-state index in [0.29, 0.717) is 25.1 Å². The Bertz CT molecular complexity index is 1360. The summed E-state index contributed by atoms with van der Waals surface area (Å²) in [5.41, 5.74) is 2.54. The van der Waals surface area contributed by atoms with Crippen molar-refractivity contribution in [3.8, 4) is 0 Å². The van der Waals surface area contributed by atoms with Gasteiger partial charge in [0.25, 0.3) is 0 Å². The molecule has 0 bridgehead atoms. The number of anilines is 1. The molecular weight excluding hydrogens is 526 g/mol.